The number of benzene rings is 3. The molecule has 0 fully saturated rings. The van der Waals surface area contributed by atoms with Crippen molar-refractivity contribution in [3.05, 3.63) is 110 Å². The van der Waals surface area contributed by atoms with E-state index in [1.807, 2.05) is 63.3 Å². The standard InChI is InChI=1S/C12H17NO4S.C12H17NO3S.C9H15NO2.C6H6OS.C5H9I.C4H8ClNO2.C2H5Cl/c1-4-17-10-6-5-7-11(8-10)18(15)9-12(14)13(2)16-3;1-4-16-10-6-5-7-11(8-10)17-9-12(14)13(2)15-3;1-4-5-6-7-8-9(11)10(2)12-3;7-5-2-1-3-6(8)4-5;1-2-3-4-5-6;1-6(8-2)4(7)3-5;1-2-3/h5-8H,4,9H2,1-3H3;5-8H,4,9H2,1-3H3;4,7-8H,1,5-6H2,2-3H3;1-4,7-8H;2H,1,3-5H2;3H2,1-2H3;2H2,1H3/b;;8-7+;;;;. The third kappa shape index (κ3) is 43.7. The van der Waals surface area contributed by atoms with Crippen LogP contribution in [0.3, 0.4) is 0 Å². The fourth-order valence-electron chi connectivity index (χ4n) is 3.91. The third-order valence-corrected chi connectivity index (χ3v) is 11.4. The highest BCUT2D eigenvalue weighted by Crippen LogP contribution is 2.23. The van der Waals surface area contributed by atoms with Gasteiger partial charge in [0.15, 0.2) is 0 Å². The van der Waals surface area contributed by atoms with Crippen LogP contribution in [0.25, 0.3) is 0 Å². The minimum absolute atomic E-state index is 0.0374. The highest BCUT2D eigenvalue weighted by molar-refractivity contribution is 14.1. The number of phenols is 1. The van der Waals surface area contributed by atoms with Crippen LogP contribution in [0, 0.1) is 0 Å². The van der Waals surface area contributed by atoms with Crippen molar-refractivity contribution in [1.82, 2.24) is 20.3 Å². The summed E-state index contributed by atoms with van der Waals surface area (Å²) in [4.78, 5) is 65.6. The maximum atomic E-state index is 12.0. The lowest BCUT2D eigenvalue weighted by Gasteiger charge is -2.13. The first kappa shape index (κ1) is 74.7. The van der Waals surface area contributed by atoms with Gasteiger partial charge < -0.3 is 14.6 Å². The average molecular weight is 1220 g/mol. The summed E-state index contributed by atoms with van der Waals surface area (Å²) in [6, 6.07) is 21.4. The molecule has 1 atom stereocenters. The Morgan fingerprint density at radius 2 is 1.22 bits per heavy atom. The van der Waals surface area contributed by atoms with Crippen molar-refractivity contribution in [3.8, 4) is 17.2 Å². The van der Waals surface area contributed by atoms with Crippen molar-refractivity contribution in [1.29, 1.82) is 0 Å². The molecular weight excluding hydrogens is 1140 g/mol. The number of nitrogens with zero attached hydrogens (tertiary/aromatic N) is 4. The molecule has 4 amide bonds. The minimum atomic E-state index is -1.40. The van der Waals surface area contributed by atoms with E-state index in [9.17, 15) is 23.4 Å². The SMILES string of the molecule is C=CCC/C=C/C(=O)N(C)OC.C=CCCCI.CCCl.CCOc1cccc(S(=O)CC(=O)N(C)OC)c1.CCOc1cccc(SCC(=O)N(C)OC)c1.CON(C)C(=O)CCl.Oc1cccc(S)c1. The molecule has 72 heavy (non-hydrogen) atoms. The van der Waals surface area contributed by atoms with Crippen LogP contribution in [-0.2, 0) is 49.3 Å². The van der Waals surface area contributed by atoms with Crippen LogP contribution in [0.4, 0.5) is 0 Å². The van der Waals surface area contributed by atoms with Gasteiger partial charge in [-0.05, 0) is 98.6 Å². The van der Waals surface area contributed by atoms with Crippen molar-refractivity contribution in [3.63, 3.8) is 0 Å². The number of hydrogen-bond donors (Lipinski definition) is 2. The van der Waals surface area contributed by atoms with Crippen LogP contribution in [-0.4, -0.2) is 151 Å². The third-order valence-electron chi connectivity index (χ3n) is 7.86. The summed E-state index contributed by atoms with van der Waals surface area (Å²) >= 11 is 18.0. The van der Waals surface area contributed by atoms with E-state index in [1.54, 1.807) is 62.6 Å². The van der Waals surface area contributed by atoms with E-state index in [2.05, 4.69) is 58.1 Å². The first-order valence-corrected chi connectivity index (χ1v) is 27.4. The number of likely N-dealkylation sites (N-methyl/N-ethyl adjacent to an activating group) is 1. The van der Waals surface area contributed by atoms with Crippen molar-refractivity contribution >= 4 is 105 Å². The number of alkyl halides is 3. The van der Waals surface area contributed by atoms with Gasteiger partial charge >= 0.3 is 0 Å². The number of hydrogen-bond acceptors (Lipinski definition) is 14. The molecule has 0 saturated carbocycles. The zero-order chi connectivity index (χ0) is 55.7. The quantitative estimate of drug-likeness (QED) is 0.0142. The lowest BCUT2D eigenvalue weighted by atomic mass is 10.3. The van der Waals surface area contributed by atoms with Gasteiger partial charge in [-0.2, -0.15) is 0 Å². The second-order valence-electron chi connectivity index (χ2n) is 13.1. The molecule has 0 aliphatic carbocycles. The number of carbonyl (C=O) groups is 4. The Hall–Kier alpha value is -3.84. The molecule has 0 bridgehead atoms. The molecule has 22 heteroatoms. The number of hydroxylamine groups is 8. The highest BCUT2D eigenvalue weighted by Gasteiger charge is 2.15. The summed E-state index contributed by atoms with van der Waals surface area (Å²) < 4.78 is 23.9. The number of phenolic OH excluding ortho intramolecular Hbond substituents is 1. The van der Waals surface area contributed by atoms with Gasteiger partial charge in [-0.3, -0.25) is 42.7 Å². The van der Waals surface area contributed by atoms with Crippen LogP contribution in [0.1, 0.15) is 46.5 Å². The van der Waals surface area contributed by atoms with Gasteiger partial charge in [0, 0.05) is 54.8 Å². The maximum Gasteiger partial charge on any atom is 0.269 e. The van der Waals surface area contributed by atoms with Gasteiger partial charge in [-0.25, -0.2) is 20.3 Å². The molecule has 1 N–H and O–H groups in total. The number of thiol groups is 1. The Morgan fingerprint density at radius 3 is 1.65 bits per heavy atom. The van der Waals surface area contributed by atoms with E-state index < -0.39 is 10.8 Å². The van der Waals surface area contributed by atoms with E-state index in [-0.39, 0.29) is 41.0 Å². The zero-order valence-corrected chi connectivity index (χ0v) is 49.8. The van der Waals surface area contributed by atoms with Gasteiger partial charge in [0.1, 0.15) is 28.9 Å². The van der Waals surface area contributed by atoms with Crippen molar-refractivity contribution in [2.75, 3.05) is 97.5 Å². The smallest absolute Gasteiger partial charge is 0.269 e. The Labute approximate surface area is 465 Å². The molecule has 0 aromatic heterocycles. The van der Waals surface area contributed by atoms with Gasteiger partial charge in [-0.1, -0.05) is 65.9 Å². The predicted molar refractivity (Wildman–Crippen MR) is 306 cm³/mol. The molecule has 408 valence electrons. The lowest BCUT2D eigenvalue weighted by molar-refractivity contribution is -0.165. The monoisotopic (exact) mass is 1220 g/mol. The second kappa shape index (κ2) is 52.0. The normalized spacial score (nSPS) is 9.99. The van der Waals surface area contributed by atoms with Gasteiger partial charge in [0.05, 0.1) is 58.2 Å². The minimum Gasteiger partial charge on any atom is -0.508 e. The summed E-state index contributed by atoms with van der Waals surface area (Å²) in [7, 11) is 10.5. The molecule has 3 aromatic rings. The van der Waals surface area contributed by atoms with Crippen LogP contribution >= 0.6 is 70.2 Å². The second-order valence-corrected chi connectivity index (χ2v) is 18.0. The Morgan fingerprint density at radius 1 is 0.722 bits per heavy atom. The van der Waals surface area contributed by atoms with E-state index in [1.165, 1.54) is 87.8 Å². The van der Waals surface area contributed by atoms with Gasteiger partial charge in [0.25, 0.3) is 23.6 Å². The lowest BCUT2D eigenvalue weighted by Crippen LogP contribution is -2.29. The topological polar surface area (TPSA) is 174 Å². The van der Waals surface area contributed by atoms with Gasteiger partial charge in [0.2, 0.25) is 0 Å². The number of thioether (sulfide) groups is 1. The number of allylic oxidation sites excluding steroid dienone is 3. The Balaban J connectivity index is -0.000000396. The summed E-state index contributed by atoms with van der Waals surface area (Å²) in [5.41, 5.74) is 0. The fraction of sp³-hybridized carbons (Fsp3) is 0.440. The number of rotatable bonds is 22. The summed E-state index contributed by atoms with van der Waals surface area (Å²) in [5, 5.41) is 13.3. The average Bonchev–Trinajstić information content (AvgIpc) is 3.38. The van der Waals surface area contributed by atoms with E-state index in [0.717, 1.165) is 44.4 Å². The largest absolute Gasteiger partial charge is 0.508 e. The maximum absolute atomic E-state index is 12.0. The van der Waals surface area contributed by atoms with Crippen LogP contribution in [0.2, 0.25) is 0 Å². The number of amides is 4. The number of carbonyl (C=O) groups excluding carboxylic acids is 4. The summed E-state index contributed by atoms with van der Waals surface area (Å²) in [6.07, 6.45) is 11.3. The van der Waals surface area contributed by atoms with Crippen LogP contribution < -0.4 is 9.47 Å². The van der Waals surface area contributed by atoms with Crippen molar-refractivity contribution in [2.45, 2.75) is 61.1 Å². The molecule has 0 radical (unpaired) electrons. The van der Waals surface area contributed by atoms with Crippen LogP contribution in [0.5, 0.6) is 17.2 Å². The molecule has 3 rings (SSSR count). The number of aromatic hydroxyl groups is 1. The molecule has 0 spiro atoms. The van der Waals surface area contributed by atoms with Crippen LogP contribution in [0.15, 0.2) is 125 Å². The molecule has 1 unspecified atom stereocenters. The van der Waals surface area contributed by atoms with E-state index in [0.29, 0.717) is 29.6 Å². The number of ether oxygens (including phenoxy) is 2. The number of unbranched alkanes of at least 4 members (excludes halogenated alkanes) is 2. The fourth-order valence-corrected chi connectivity index (χ4v) is 6.64. The molecule has 3 aromatic carbocycles. The molecule has 16 nitrogen and oxygen atoms in total. The first-order chi connectivity index (χ1) is 34.3. The molecular formula is C50H77Cl2IN4O12S3. The predicted octanol–water partition coefficient (Wildman–Crippen LogP) is 10.5. The molecule has 0 heterocycles. The molecule has 0 aliphatic rings. The molecule has 0 saturated heterocycles. The van der Waals surface area contributed by atoms with E-state index >= 15 is 0 Å². The summed E-state index contributed by atoms with van der Waals surface area (Å²) in [5.74, 6) is 1.86. The summed E-state index contributed by atoms with van der Waals surface area (Å²) in [6.45, 7) is 14.1. The highest BCUT2D eigenvalue weighted by atomic mass is 127. The zero-order valence-electron chi connectivity index (χ0n) is 43.6. The first-order valence-electron chi connectivity index (χ1n) is 22.1. The Kier molecular flexibility index (Phi) is 54.0. The molecule has 0 aliphatic heterocycles. The Bertz CT molecular complexity index is 1940. The van der Waals surface area contributed by atoms with Gasteiger partial charge in [-0.15, -0.1) is 60.8 Å². The number of halogens is 3. The van der Waals surface area contributed by atoms with E-state index in [4.69, 9.17) is 47.5 Å². The van der Waals surface area contributed by atoms with Crippen molar-refractivity contribution < 1.29 is 57.3 Å². The van der Waals surface area contributed by atoms with Crippen molar-refractivity contribution in [2.24, 2.45) is 0 Å².